The van der Waals surface area contributed by atoms with E-state index in [1.807, 2.05) is 6.07 Å². The molecule has 0 spiro atoms. The number of benzene rings is 2. The highest BCUT2D eigenvalue weighted by molar-refractivity contribution is 5.62. The topological polar surface area (TPSA) is 29.3 Å². The van der Waals surface area contributed by atoms with Crippen LogP contribution in [-0.2, 0) is 0 Å². The number of aryl methyl sites for hydroxylation is 1. The van der Waals surface area contributed by atoms with Gasteiger partial charge in [0.15, 0.2) is 0 Å². The Kier molecular flexibility index (Phi) is 3.16. The zero-order valence-corrected chi connectivity index (χ0v) is 11.3. The Balaban J connectivity index is 1.97. The first-order valence-corrected chi connectivity index (χ1v) is 6.93. The van der Waals surface area contributed by atoms with Crippen LogP contribution in [0.1, 0.15) is 30.0 Å². The normalized spacial score (nSPS) is 18.8. The van der Waals surface area contributed by atoms with Gasteiger partial charge in [0, 0.05) is 17.9 Å². The molecule has 2 heteroatoms. The van der Waals surface area contributed by atoms with Crippen LogP contribution < -0.4 is 10.6 Å². The maximum atomic E-state index is 5.95. The summed E-state index contributed by atoms with van der Waals surface area (Å²) in [6.45, 7) is 3.28. The van der Waals surface area contributed by atoms with Crippen molar-refractivity contribution in [1.82, 2.24) is 0 Å². The van der Waals surface area contributed by atoms with Crippen LogP contribution in [0.2, 0.25) is 0 Å². The zero-order valence-electron chi connectivity index (χ0n) is 11.3. The van der Waals surface area contributed by atoms with Gasteiger partial charge >= 0.3 is 0 Å². The molecular weight excluding hydrogens is 232 g/mol. The third kappa shape index (κ3) is 2.30. The smallest absolute Gasteiger partial charge is 0.0543 e. The summed E-state index contributed by atoms with van der Waals surface area (Å²) in [5.41, 5.74) is 10.8. The molecule has 19 heavy (non-hydrogen) atoms. The summed E-state index contributed by atoms with van der Waals surface area (Å²) in [7, 11) is 0. The zero-order chi connectivity index (χ0) is 13.2. The fourth-order valence-electron chi connectivity index (χ4n) is 3.01. The summed E-state index contributed by atoms with van der Waals surface area (Å²) in [6.07, 6.45) is 2.46. The number of nitrogens with zero attached hydrogens (tertiary/aromatic N) is 1. The first-order valence-electron chi connectivity index (χ1n) is 6.93. The van der Waals surface area contributed by atoms with Crippen LogP contribution in [0.4, 0.5) is 11.4 Å². The van der Waals surface area contributed by atoms with Gasteiger partial charge in [-0.1, -0.05) is 36.4 Å². The molecule has 2 aromatic carbocycles. The average Bonchev–Trinajstić information content (AvgIpc) is 2.91. The van der Waals surface area contributed by atoms with Crippen molar-refractivity contribution >= 4 is 11.4 Å². The van der Waals surface area contributed by atoms with Crippen molar-refractivity contribution < 1.29 is 0 Å². The second-order valence-corrected chi connectivity index (χ2v) is 5.31. The molecule has 2 N–H and O–H groups in total. The molecule has 1 saturated heterocycles. The second kappa shape index (κ2) is 4.96. The number of hydrogen-bond donors (Lipinski definition) is 1. The van der Waals surface area contributed by atoms with Gasteiger partial charge in [0.2, 0.25) is 0 Å². The van der Waals surface area contributed by atoms with Crippen molar-refractivity contribution in [2.24, 2.45) is 0 Å². The van der Waals surface area contributed by atoms with Gasteiger partial charge in [0.05, 0.1) is 6.04 Å². The molecule has 1 fully saturated rings. The highest BCUT2D eigenvalue weighted by atomic mass is 15.2. The molecule has 0 amide bonds. The van der Waals surface area contributed by atoms with Crippen molar-refractivity contribution in [2.75, 3.05) is 17.2 Å². The van der Waals surface area contributed by atoms with Crippen LogP contribution in [0.25, 0.3) is 0 Å². The number of hydrogen-bond acceptors (Lipinski definition) is 2. The van der Waals surface area contributed by atoms with E-state index >= 15 is 0 Å². The van der Waals surface area contributed by atoms with Gasteiger partial charge in [-0.05, 0) is 43.0 Å². The SMILES string of the molecule is Cc1ccc(N)cc1N1CCCC1c1ccccc1. The molecule has 1 heterocycles. The van der Waals surface area contributed by atoms with E-state index in [4.69, 9.17) is 5.73 Å². The molecule has 0 aromatic heterocycles. The Morgan fingerprint density at radius 1 is 1.11 bits per heavy atom. The van der Waals surface area contributed by atoms with Crippen LogP contribution >= 0.6 is 0 Å². The molecule has 2 aromatic rings. The summed E-state index contributed by atoms with van der Waals surface area (Å²) in [6, 6.07) is 17.5. The molecule has 0 saturated carbocycles. The first kappa shape index (κ1) is 12.1. The monoisotopic (exact) mass is 252 g/mol. The minimum atomic E-state index is 0.488. The highest BCUT2D eigenvalue weighted by Crippen LogP contribution is 2.38. The Morgan fingerprint density at radius 2 is 1.89 bits per heavy atom. The predicted molar refractivity (Wildman–Crippen MR) is 81.4 cm³/mol. The van der Waals surface area contributed by atoms with Gasteiger partial charge in [-0.2, -0.15) is 0 Å². The van der Waals surface area contributed by atoms with Crippen molar-refractivity contribution in [3.05, 3.63) is 59.7 Å². The van der Waals surface area contributed by atoms with Crippen LogP contribution in [0.5, 0.6) is 0 Å². The Hall–Kier alpha value is -1.96. The number of nitrogen functional groups attached to an aromatic ring is 1. The van der Waals surface area contributed by atoms with Gasteiger partial charge < -0.3 is 10.6 Å². The molecule has 3 rings (SSSR count). The lowest BCUT2D eigenvalue weighted by Crippen LogP contribution is -2.23. The standard InChI is InChI=1S/C17H20N2/c1-13-9-10-15(18)12-17(13)19-11-5-8-16(19)14-6-3-2-4-7-14/h2-4,6-7,9-10,12,16H,5,8,11,18H2,1H3. The van der Waals surface area contributed by atoms with E-state index in [9.17, 15) is 0 Å². The molecule has 1 aliphatic rings. The average molecular weight is 252 g/mol. The molecule has 2 nitrogen and oxygen atoms in total. The van der Waals surface area contributed by atoms with Gasteiger partial charge in [0.25, 0.3) is 0 Å². The van der Waals surface area contributed by atoms with Crippen LogP contribution in [-0.4, -0.2) is 6.54 Å². The van der Waals surface area contributed by atoms with Gasteiger partial charge in [-0.3, -0.25) is 0 Å². The summed E-state index contributed by atoms with van der Waals surface area (Å²) < 4.78 is 0. The maximum Gasteiger partial charge on any atom is 0.0543 e. The predicted octanol–water partition coefficient (Wildman–Crippen LogP) is 3.92. The van der Waals surface area contributed by atoms with E-state index in [1.54, 1.807) is 0 Å². The minimum Gasteiger partial charge on any atom is -0.399 e. The Bertz CT molecular complexity index is 563. The molecule has 0 aliphatic carbocycles. The van der Waals surface area contributed by atoms with E-state index in [2.05, 4.69) is 54.3 Å². The Labute approximate surface area is 114 Å². The largest absolute Gasteiger partial charge is 0.399 e. The molecule has 0 bridgehead atoms. The fraction of sp³-hybridized carbons (Fsp3) is 0.294. The quantitative estimate of drug-likeness (QED) is 0.821. The van der Waals surface area contributed by atoms with E-state index < -0.39 is 0 Å². The summed E-state index contributed by atoms with van der Waals surface area (Å²) >= 11 is 0. The Morgan fingerprint density at radius 3 is 2.68 bits per heavy atom. The molecule has 1 atom stereocenters. The lowest BCUT2D eigenvalue weighted by Gasteiger charge is -2.29. The third-order valence-corrected chi connectivity index (χ3v) is 3.98. The fourth-order valence-corrected chi connectivity index (χ4v) is 3.01. The molecular formula is C17H20N2. The van der Waals surface area contributed by atoms with Crippen molar-refractivity contribution in [3.63, 3.8) is 0 Å². The van der Waals surface area contributed by atoms with Crippen molar-refractivity contribution in [1.29, 1.82) is 0 Å². The van der Waals surface area contributed by atoms with Gasteiger partial charge in [-0.25, -0.2) is 0 Å². The van der Waals surface area contributed by atoms with Crippen LogP contribution in [0.15, 0.2) is 48.5 Å². The van der Waals surface area contributed by atoms with E-state index in [1.165, 1.54) is 29.7 Å². The minimum absolute atomic E-state index is 0.488. The summed E-state index contributed by atoms with van der Waals surface area (Å²) in [5.74, 6) is 0. The second-order valence-electron chi connectivity index (χ2n) is 5.31. The summed E-state index contributed by atoms with van der Waals surface area (Å²) in [5, 5.41) is 0. The first-order chi connectivity index (χ1) is 9.25. The molecule has 98 valence electrons. The highest BCUT2D eigenvalue weighted by Gasteiger charge is 2.26. The number of anilines is 2. The lowest BCUT2D eigenvalue weighted by molar-refractivity contribution is 0.718. The molecule has 0 radical (unpaired) electrons. The van der Waals surface area contributed by atoms with Gasteiger partial charge in [0.1, 0.15) is 0 Å². The third-order valence-electron chi connectivity index (χ3n) is 3.98. The van der Waals surface area contributed by atoms with E-state index in [-0.39, 0.29) is 0 Å². The number of nitrogens with two attached hydrogens (primary N) is 1. The summed E-state index contributed by atoms with van der Waals surface area (Å²) in [4.78, 5) is 2.50. The maximum absolute atomic E-state index is 5.95. The van der Waals surface area contributed by atoms with Crippen molar-refractivity contribution in [2.45, 2.75) is 25.8 Å². The van der Waals surface area contributed by atoms with E-state index in [0.717, 1.165) is 12.2 Å². The van der Waals surface area contributed by atoms with E-state index in [0.29, 0.717) is 6.04 Å². The van der Waals surface area contributed by atoms with Crippen LogP contribution in [0, 0.1) is 6.92 Å². The van der Waals surface area contributed by atoms with Crippen molar-refractivity contribution in [3.8, 4) is 0 Å². The molecule has 1 unspecified atom stereocenters. The lowest BCUT2D eigenvalue weighted by atomic mass is 10.0. The number of rotatable bonds is 2. The molecule has 1 aliphatic heterocycles. The van der Waals surface area contributed by atoms with Crippen LogP contribution in [0.3, 0.4) is 0 Å². The van der Waals surface area contributed by atoms with Gasteiger partial charge in [-0.15, -0.1) is 0 Å².